The molecule has 2 unspecified atom stereocenters. The molecule has 0 amide bonds. The van der Waals surface area contributed by atoms with Gasteiger partial charge in [-0.2, -0.15) is 0 Å². The number of carbonyl (C=O) groups is 2. The second-order valence-electron chi connectivity index (χ2n) is 3.33. The molecule has 12 heavy (non-hydrogen) atoms. The summed E-state index contributed by atoms with van der Waals surface area (Å²) in [6, 6.07) is 0. The Kier molecular flexibility index (Phi) is 2.84. The number of esters is 1. The smallest absolute Gasteiger partial charge is 0.303 e. The lowest BCUT2D eigenvalue weighted by molar-refractivity contribution is -0.156. The van der Waals surface area contributed by atoms with Gasteiger partial charge in [0.05, 0.1) is 0 Å². The van der Waals surface area contributed by atoms with Gasteiger partial charge in [-0.1, -0.05) is 6.92 Å². The highest BCUT2D eigenvalue weighted by Crippen LogP contribution is 2.22. The predicted molar refractivity (Wildman–Crippen MR) is 43.6 cm³/mol. The number of Topliss-reactive ketones (excluding diaryl/α,β-unsaturated/α-hetero) is 1. The Labute approximate surface area is 72.1 Å². The minimum Gasteiger partial charge on any atom is -0.455 e. The van der Waals surface area contributed by atoms with E-state index in [1.165, 1.54) is 6.92 Å². The van der Waals surface area contributed by atoms with Gasteiger partial charge in [0.25, 0.3) is 0 Å². The summed E-state index contributed by atoms with van der Waals surface area (Å²) in [7, 11) is 0. The molecule has 1 aliphatic carbocycles. The zero-order valence-corrected chi connectivity index (χ0v) is 7.50. The quantitative estimate of drug-likeness (QED) is 0.557. The number of ketones is 1. The number of hydrogen-bond acceptors (Lipinski definition) is 3. The Morgan fingerprint density at radius 1 is 1.50 bits per heavy atom. The van der Waals surface area contributed by atoms with Crippen LogP contribution in [0.5, 0.6) is 0 Å². The SMILES string of the molecule is CC(=O)OC1CCCC(C)C1=O. The Morgan fingerprint density at radius 2 is 2.17 bits per heavy atom. The summed E-state index contributed by atoms with van der Waals surface area (Å²) in [4.78, 5) is 22.0. The van der Waals surface area contributed by atoms with Crippen LogP contribution < -0.4 is 0 Å². The molecule has 0 aliphatic heterocycles. The zero-order chi connectivity index (χ0) is 9.14. The van der Waals surface area contributed by atoms with Crippen LogP contribution in [0.2, 0.25) is 0 Å². The first-order valence-electron chi connectivity index (χ1n) is 4.32. The van der Waals surface area contributed by atoms with Gasteiger partial charge in [-0.3, -0.25) is 9.59 Å². The normalized spacial score (nSPS) is 30.0. The fourth-order valence-electron chi connectivity index (χ4n) is 1.53. The van der Waals surface area contributed by atoms with Crippen molar-refractivity contribution in [3.05, 3.63) is 0 Å². The van der Waals surface area contributed by atoms with E-state index in [1.54, 1.807) is 0 Å². The van der Waals surface area contributed by atoms with Crippen LogP contribution in [0.3, 0.4) is 0 Å². The van der Waals surface area contributed by atoms with E-state index in [-0.39, 0.29) is 17.7 Å². The highest BCUT2D eigenvalue weighted by molar-refractivity contribution is 5.87. The van der Waals surface area contributed by atoms with Gasteiger partial charge >= 0.3 is 5.97 Å². The predicted octanol–water partition coefficient (Wildman–Crippen LogP) is 1.31. The van der Waals surface area contributed by atoms with E-state index >= 15 is 0 Å². The molecule has 0 radical (unpaired) electrons. The van der Waals surface area contributed by atoms with Crippen molar-refractivity contribution in [1.29, 1.82) is 0 Å². The molecule has 1 aliphatic rings. The molecular formula is C9H14O3. The summed E-state index contributed by atoms with van der Waals surface area (Å²) < 4.78 is 4.89. The lowest BCUT2D eigenvalue weighted by Crippen LogP contribution is -2.34. The van der Waals surface area contributed by atoms with Gasteiger partial charge in [-0.25, -0.2) is 0 Å². The lowest BCUT2D eigenvalue weighted by atomic mass is 9.87. The first-order valence-corrected chi connectivity index (χ1v) is 4.32. The van der Waals surface area contributed by atoms with Crippen molar-refractivity contribution in [3.63, 3.8) is 0 Å². The third-order valence-corrected chi connectivity index (χ3v) is 2.21. The van der Waals surface area contributed by atoms with Crippen molar-refractivity contribution in [1.82, 2.24) is 0 Å². The summed E-state index contributed by atoms with van der Waals surface area (Å²) in [5.74, 6) is -0.220. The summed E-state index contributed by atoms with van der Waals surface area (Å²) in [6.07, 6.45) is 2.13. The van der Waals surface area contributed by atoms with E-state index in [4.69, 9.17) is 4.74 Å². The maximum atomic E-state index is 11.4. The Morgan fingerprint density at radius 3 is 2.75 bits per heavy atom. The number of rotatable bonds is 1. The van der Waals surface area contributed by atoms with E-state index in [2.05, 4.69) is 0 Å². The molecule has 3 nitrogen and oxygen atoms in total. The molecule has 0 saturated heterocycles. The van der Waals surface area contributed by atoms with Crippen molar-refractivity contribution >= 4 is 11.8 Å². The topological polar surface area (TPSA) is 43.4 Å². The van der Waals surface area contributed by atoms with Crippen LogP contribution in [0, 0.1) is 5.92 Å². The second kappa shape index (κ2) is 3.70. The van der Waals surface area contributed by atoms with E-state index < -0.39 is 6.10 Å². The first kappa shape index (κ1) is 9.23. The highest BCUT2D eigenvalue weighted by atomic mass is 16.5. The minimum atomic E-state index is -0.466. The van der Waals surface area contributed by atoms with Crippen LogP contribution in [0.25, 0.3) is 0 Å². The van der Waals surface area contributed by atoms with Crippen LogP contribution in [0.15, 0.2) is 0 Å². The van der Waals surface area contributed by atoms with Crippen molar-refractivity contribution in [2.45, 2.75) is 39.2 Å². The van der Waals surface area contributed by atoms with Crippen LogP contribution >= 0.6 is 0 Å². The van der Waals surface area contributed by atoms with Crippen LogP contribution in [0.1, 0.15) is 33.1 Å². The minimum absolute atomic E-state index is 0.0584. The standard InChI is InChI=1S/C9H14O3/c1-6-4-3-5-8(9(6)11)12-7(2)10/h6,8H,3-5H2,1-2H3. The fourth-order valence-corrected chi connectivity index (χ4v) is 1.53. The molecule has 1 rings (SSSR count). The Balaban J connectivity index is 2.52. The van der Waals surface area contributed by atoms with Crippen molar-refractivity contribution < 1.29 is 14.3 Å². The number of carbonyl (C=O) groups excluding carboxylic acids is 2. The fraction of sp³-hybridized carbons (Fsp3) is 0.778. The van der Waals surface area contributed by atoms with Gasteiger partial charge in [-0.05, 0) is 19.3 Å². The van der Waals surface area contributed by atoms with Gasteiger partial charge in [-0.15, -0.1) is 0 Å². The van der Waals surface area contributed by atoms with Gasteiger partial charge in [0, 0.05) is 12.8 Å². The molecule has 0 aromatic rings. The number of ether oxygens (including phenoxy) is 1. The molecular weight excluding hydrogens is 156 g/mol. The van der Waals surface area contributed by atoms with Gasteiger partial charge in [0.1, 0.15) is 0 Å². The number of hydrogen-bond donors (Lipinski definition) is 0. The molecule has 2 atom stereocenters. The maximum Gasteiger partial charge on any atom is 0.303 e. The van der Waals surface area contributed by atoms with E-state index in [0.29, 0.717) is 6.42 Å². The first-order chi connectivity index (χ1) is 5.61. The van der Waals surface area contributed by atoms with E-state index in [1.807, 2.05) is 6.92 Å². The molecule has 0 aromatic carbocycles. The monoisotopic (exact) mass is 170 g/mol. The summed E-state index contributed by atoms with van der Waals surface area (Å²) in [6.45, 7) is 3.23. The summed E-state index contributed by atoms with van der Waals surface area (Å²) in [5.41, 5.74) is 0. The zero-order valence-electron chi connectivity index (χ0n) is 7.50. The molecule has 0 heterocycles. The maximum absolute atomic E-state index is 11.4. The molecule has 3 heteroatoms. The van der Waals surface area contributed by atoms with Crippen molar-refractivity contribution in [2.24, 2.45) is 5.92 Å². The third-order valence-electron chi connectivity index (χ3n) is 2.21. The molecule has 1 fully saturated rings. The highest BCUT2D eigenvalue weighted by Gasteiger charge is 2.30. The summed E-state index contributed by atoms with van der Waals surface area (Å²) in [5, 5.41) is 0. The van der Waals surface area contributed by atoms with E-state index in [0.717, 1.165) is 12.8 Å². The second-order valence-corrected chi connectivity index (χ2v) is 3.33. The average molecular weight is 170 g/mol. The average Bonchev–Trinajstić information content (AvgIpc) is 1.98. The molecule has 1 saturated carbocycles. The van der Waals surface area contributed by atoms with Crippen LogP contribution in [-0.2, 0) is 14.3 Å². The third kappa shape index (κ3) is 2.06. The Hall–Kier alpha value is -0.860. The van der Waals surface area contributed by atoms with Gasteiger partial charge in [0.15, 0.2) is 11.9 Å². The molecule has 0 N–H and O–H groups in total. The summed E-state index contributed by atoms with van der Waals surface area (Å²) >= 11 is 0. The van der Waals surface area contributed by atoms with Gasteiger partial charge < -0.3 is 4.74 Å². The van der Waals surface area contributed by atoms with E-state index in [9.17, 15) is 9.59 Å². The molecule has 68 valence electrons. The van der Waals surface area contributed by atoms with Gasteiger partial charge in [0.2, 0.25) is 0 Å². The van der Waals surface area contributed by atoms with Crippen molar-refractivity contribution in [2.75, 3.05) is 0 Å². The van der Waals surface area contributed by atoms with Crippen LogP contribution in [-0.4, -0.2) is 17.9 Å². The van der Waals surface area contributed by atoms with Crippen LogP contribution in [0.4, 0.5) is 0 Å². The molecule has 0 spiro atoms. The molecule has 0 bridgehead atoms. The molecule has 0 aromatic heterocycles. The van der Waals surface area contributed by atoms with Crippen molar-refractivity contribution in [3.8, 4) is 0 Å². The largest absolute Gasteiger partial charge is 0.455 e. The Bertz CT molecular complexity index is 198. The lowest BCUT2D eigenvalue weighted by Gasteiger charge is -2.24.